The van der Waals surface area contributed by atoms with E-state index in [0.717, 1.165) is 53.2 Å². The molecule has 1 fully saturated rings. The Morgan fingerprint density at radius 3 is 2.62 bits per heavy atom. The molecule has 1 aliphatic rings. The summed E-state index contributed by atoms with van der Waals surface area (Å²) in [6.45, 7) is 6.77. The van der Waals surface area contributed by atoms with Crippen molar-refractivity contribution in [2.24, 2.45) is 0 Å². The minimum atomic E-state index is -0.0165. The molecule has 0 unspecified atom stereocenters. The van der Waals surface area contributed by atoms with Crippen LogP contribution in [0, 0.1) is 20.8 Å². The lowest BCUT2D eigenvalue weighted by atomic mass is 9.97. The molecule has 2 aromatic heterocycles. The molecule has 0 bridgehead atoms. The molecule has 1 atom stereocenters. The second kappa shape index (κ2) is 8.11. The summed E-state index contributed by atoms with van der Waals surface area (Å²) in [5.74, 6) is 0.887. The molecule has 3 heterocycles. The number of aromatic nitrogens is 3. The van der Waals surface area contributed by atoms with Crippen molar-refractivity contribution in [3.63, 3.8) is 0 Å². The molecule has 29 heavy (non-hydrogen) atoms. The molecule has 3 aromatic rings. The number of carbonyl (C=O) groups excluding carboxylic acids is 1. The summed E-state index contributed by atoms with van der Waals surface area (Å²) < 4.78 is 0. The van der Waals surface area contributed by atoms with Crippen LogP contribution in [0.3, 0.4) is 0 Å². The zero-order chi connectivity index (χ0) is 20.4. The Labute approximate surface area is 171 Å². The molecule has 1 aliphatic heterocycles. The molecule has 1 saturated heterocycles. The lowest BCUT2D eigenvalue weighted by molar-refractivity contribution is -0.131. The van der Waals surface area contributed by atoms with Crippen molar-refractivity contribution >= 4 is 5.91 Å². The summed E-state index contributed by atoms with van der Waals surface area (Å²) >= 11 is 0. The normalized spacial score (nSPS) is 16.2. The Balaban J connectivity index is 1.67. The van der Waals surface area contributed by atoms with Gasteiger partial charge < -0.3 is 4.90 Å². The predicted molar refractivity (Wildman–Crippen MR) is 113 cm³/mol. The number of rotatable bonds is 4. The quantitative estimate of drug-likeness (QED) is 0.668. The van der Waals surface area contributed by atoms with E-state index in [-0.39, 0.29) is 11.9 Å². The van der Waals surface area contributed by atoms with Crippen molar-refractivity contribution in [1.82, 2.24) is 19.9 Å². The fraction of sp³-hybridized carbons (Fsp3) is 0.333. The number of hydrogen-bond acceptors (Lipinski definition) is 4. The molecule has 0 spiro atoms. The standard InChI is InChI=1S/C24H26N4O/c1-16-6-8-19(9-7-16)13-23(29)28-12-4-5-22(28)24-21(15-26-18(3)27-24)20-10-11-25-14-17(20)2/h6-11,14-15,22H,4-5,12-13H2,1-3H3/t22-/m0/s1. The molecular weight excluding hydrogens is 360 g/mol. The van der Waals surface area contributed by atoms with Crippen LogP contribution in [0.15, 0.2) is 48.9 Å². The first-order valence-corrected chi connectivity index (χ1v) is 10.1. The van der Waals surface area contributed by atoms with Gasteiger partial charge in [-0.05, 0) is 56.4 Å². The Hall–Kier alpha value is -3.08. The van der Waals surface area contributed by atoms with Gasteiger partial charge in [0.1, 0.15) is 5.82 Å². The second-order valence-corrected chi connectivity index (χ2v) is 7.81. The van der Waals surface area contributed by atoms with Crippen LogP contribution in [0.4, 0.5) is 0 Å². The Morgan fingerprint density at radius 2 is 1.86 bits per heavy atom. The van der Waals surface area contributed by atoms with Gasteiger partial charge in [-0.3, -0.25) is 9.78 Å². The van der Waals surface area contributed by atoms with Crippen LogP contribution >= 0.6 is 0 Å². The Morgan fingerprint density at radius 1 is 1.07 bits per heavy atom. The van der Waals surface area contributed by atoms with Gasteiger partial charge in [-0.15, -0.1) is 0 Å². The highest BCUT2D eigenvalue weighted by atomic mass is 16.2. The maximum atomic E-state index is 13.2. The molecule has 5 heteroatoms. The highest BCUT2D eigenvalue weighted by Gasteiger charge is 2.33. The average molecular weight is 386 g/mol. The molecule has 0 N–H and O–H groups in total. The largest absolute Gasteiger partial charge is 0.334 e. The maximum absolute atomic E-state index is 13.2. The topological polar surface area (TPSA) is 59.0 Å². The number of nitrogens with zero attached hydrogens (tertiary/aromatic N) is 4. The van der Waals surface area contributed by atoms with E-state index in [1.54, 1.807) is 6.20 Å². The van der Waals surface area contributed by atoms with E-state index in [1.165, 1.54) is 5.56 Å². The molecule has 148 valence electrons. The van der Waals surface area contributed by atoms with Crippen molar-refractivity contribution in [2.45, 2.75) is 46.1 Å². The van der Waals surface area contributed by atoms with Gasteiger partial charge in [-0.25, -0.2) is 9.97 Å². The highest BCUT2D eigenvalue weighted by Crippen LogP contribution is 2.37. The lowest BCUT2D eigenvalue weighted by Crippen LogP contribution is -2.32. The van der Waals surface area contributed by atoms with Crippen LogP contribution in [0.5, 0.6) is 0 Å². The molecule has 0 saturated carbocycles. The van der Waals surface area contributed by atoms with Crippen LogP contribution in [0.2, 0.25) is 0 Å². The SMILES string of the molecule is Cc1ccc(CC(=O)N2CCC[C@H]2c2nc(C)ncc2-c2ccncc2C)cc1. The Bertz CT molecular complexity index is 1030. The second-order valence-electron chi connectivity index (χ2n) is 7.81. The van der Waals surface area contributed by atoms with Crippen LogP contribution in [0.1, 0.15) is 47.1 Å². The monoisotopic (exact) mass is 386 g/mol. The van der Waals surface area contributed by atoms with E-state index < -0.39 is 0 Å². The zero-order valence-electron chi connectivity index (χ0n) is 17.2. The van der Waals surface area contributed by atoms with E-state index in [2.05, 4.69) is 29.0 Å². The van der Waals surface area contributed by atoms with Gasteiger partial charge in [-0.2, -0.15) is 0 Å². The summed E-state index contributed by atoms with van der Waals surface area (Å²) in [5.41, 5.74) is 6.35. The number of aryl methyl sites for hydroxylation is 3. The minimum Gasteiger partial charge on any atom is -0.334 e. The molecule has 1 aromatic carbocycles. The number of pyridine rings is 1. The highest BCUT2D eigenvalue weighted by molar-refractivity contribution is 5.80. The van der Waals surface area contributed by atoms with E-state index in [0.29, 0.717) is 6.42 Å². The summed E-state index contributed by atoms with van der Waals surface area (Å²) in [4.78, 5) is 28.6. The van der Waals surface area contributed by atoms with Crippen molar-refractivity contribution in [3.8, 4) is 11.1 Å². The number of amides is 1. The summed E-state index contributed by atoms with van der Waals surface area (Å²) in [6, 6.07) is 10.2. The van der Waals surface area contributed by atoms with Crippen molar-refractivity contribution in [3.05, 3.63) is 77.1 Å². The number of carbonyl (C=O) groups is 1. The minimum absolute atomic E-state index is 0.0165. The van der Waals surface area contributed by atoms with E-state index in [1.807, 2.05) is 49.3 Å². The van der Waals surface area contributed by atoms with Gasteiger partial charge in [-0.1, -0.05) is 29.8 Å². The average Bonchev–Trinajstić information content (AvgIpc) is 3.20. The third-order valence-corrected chi connectivity index (χ3v) is 5.61. The third kappa shape index (κ3) is 4.04. The number of benzene rings is 1. The maximum Gasteiger partial charge on any atom is 0.227 e. The number of likely N-dealkylation sites (tertiary alicyclic amines) is 1. The molecule has 5 nitrogen and oxygen atoms in total. The van der Waals surface area contributed by atoms with Crippen LogP contribution in [-0.2, 0) is 11.2 Å². The third-order valence-electron chi connectivity index (χ3n) is 5.61. The van der Waals surface area contributed by atoms with Crippen LogP contribution < -0.4 is 0 Å². The summed E-state index contributed by atoms with van der Waals surface area (Å²) in [6.07, 6.45) is 7.87. The van der Waals surface area contributed by atoms with E-state index in [9.17, 15) is 4.79 Å². The van der Waals surface area contributed by atoms with Crippen molar-refractivity contribution < 1.29 is 4.79 Å². The van der Waals surface area contributed by atoms with Gasteiger partial charge in [0.05, 0.1) is 18.2 Å². The molecular formula is C24H26N4O. The summed E-state index contributed by atoms with van der Waals surface area (Å²) in [7, 11) is 0. The van der Waals surface area contributed by atoms with E-state index in [4.69, 9.17) is 4.98 Å². The van der Waals surface area contributed by atoms with E-state index >= 15 is 0 Å². The molecule has 0 aliphatic carbocycles. The fourth-order valence-corrected chi connectivity index (χ4v) is 4.06. The van der Waals surface area contributed by atoms with Crippen LogP contribution in [-0.4, -0.2) is 32.3 Å². The molecule has 0 radical (unpaired) electrons. The van der Waals surface area contributed by atoms with Gasteiger partial charge in [0.15, 0.2) is 0 Å². The lowest BCUT2D eigenvalue weighted by Gasteiger charge is -2.26. The van der Waals surface area contributed by atoms with Crippen LogP contribution in [0.25, 0.3) is 11.1 Å². The van der Waals surface area contributed by atoms with Gasteiger partial charge in [0.2, 0.25) is 5.91 Å². The molecule has 4 rings (SSSR count). The smallest absolute Gasteiger partial charge is 0.227 e. The van der Waals surface area contributed by atoms with Crippen molar-refractivity contribution in [1.29, 1.82) is 0 Å². The van der Waals surface area contributed by atoms with Gasteiger partial charge in [0, 0.05) is 30.7 Å². The first kappa shape index (κ1) is 19.2. The van der Waals surface area contributed by atoms with Gasteiger partial charge in [0.25, 0.3) is 0 Å². The van der Waals surface area contributed by atoms with Crippen molar-refractivity contribution in [2.75, 3.05) is 6.54 Å². The number of hydrogen-bond donors (Lipinski definition) is 0. The zero-order valence-corrected chi connectivity index (χ0v) is 17.2. The first-order chi connectivity index (χ1) is 14.0. The van der Waals surface area contributed by atoms with Gasteiger partial charge >= 0.3 is 0 Å². The Kier molecular flexibility index (Phi) is 5.38. The predicted octanol–water partition coefficient (Wildman–Crippen LogP) is 4.37. The fourth-order valence-electron chi connectivity index (χ4n) is 4.06. The first-order valence-electron chi connectivity index (χ1n) is 10.1. The molecule has 1 amide bonds. The summed E-state index contributed by atoms with van der Waals surface area (Å²) in [5, 5.41) is 0.